The monoisotopic (exact) mass is 522 g/mol. The third-order valence-electron chi connectivity index (χ3n) is 4.66. The average Bonchev–Trinajstić information content (AvgIpc) is 2.81. The Morgan fingerprint density at radius 3 is 1.74 bits per heavy atom. The molecule has 34 heavy (non-hydrogen) atoms. The molecule has 0 amide bonds. The van der Waals surface area contributed by atoms with Gasteiger partial charge in [-0.05, 0) is 87.9 Å². The van der Waals surface area contributed by atoms with Crippen LogP contribution in [0.25, 0.3) is 0 Å². The summed E-state index contributed by atoms with van der Waals surface area (Å²) in [5, 5.41) is 17.1. The number of aryl methyl sites for hydroxylation is 2. The lowest BCUT2D eigenvalue weighted by molar-refractivity contribution is -0.146. The number of rotatable bonds is 9. The molecule has 0 N–H and O–H groups in total. The molecule has 0 atom stereocenters. The van der Waals surface area contributed by atoms with E-state index in [9.17, 15) is 4.79 Å². The Hall–Kier alpha value is -3.39. The number of nitrogens with zero attached hydrogens (tertiary/aromatic N) is 4. The molecule has 0 aromatic heterocycles. The van der Waals surface area contributed by atoms with E-state index in [1.54, 1.807) is 13.8 Å². The molecule has 176 valence electrons. The fourth-order valence-electron chi connectivity index (χ4n) is 2.74. The molecule has 3 aromatic carbocycles. The first-order valence-corrected chi connectivity index (χ1v) is 11.6. The minimum Gasteiger partial charge on any atom is -0.490 e. The van der Waals surface area contributed by atoms with Gasteiger partial charge in [-0.25, -0.2) is 0 Å². The van der Waals surface area contributed by atoms with Crippen molar-refractivity contribution < 1.29 is 14.3 Å². The van der Waals surface area contributed by atoms with Crippen molar-refractivity contribution in [1.82, 2.24) is 0 Å². The van der Waals surface area contributed by atoms with E-state index in [1.165, 1.54) is 5.56 Å². The van der Waals surface area contributed by atoms with E-state index in [4.69, 9.17) is 9.47 Å². The van der Waals surface area contributed by atoms with Crippen LogP contribution in [-0.4, -0.2) is 23.5 Å². The molecule has 0 heterocycles. The third-order valence-corrected chi connectivity index (χ3v) is 4.99. The summed E-state index contributed by atoms with van der Waals surface area (Å²) in [4.78, 5) is 11.7. The number of hydrogen-bond acceptors (Lipinski definition) is 7. The van der Waals surface area contributed by atoms with Gasteiger partial charge in [0, 0.05) is 0 Å². The number of halogens is 1. The van der Waals surface area contributed by atoms with Crippen LogP contribution < -0.4 is 4.74 Å². The van der Waals surface area contributed by atoms with Gasteiger partial charge < -0.3 is 9.47 Å². The highest BCUT2D eigenvalue weighted by molar-refractivity contribution is 9.10. The van der Waals surface area contributed by atoms with Gasteiger partial charge in [-0.1, -0.05) is 33.6 Å². The number of benzene rings is 3. The Kier molecular flexibility index (Phi) is 8.65. The van der Waals surface area contributed by atoms with Crippen LogP contribution in [0.5, 0.6) is 5.75 Å². The molecule has 0 aliphatic rings. The molecule has 0 aliphatic carbocycles. The van der Waals surface area contributed by atoms with E-state index >= 15 is 0 Å². The van der Waals surface area contributed by atoms with Gasteiger partial charge in [-0.3, -0.25) is 4.79 Å². The second-order valence-corrected chi connectivity index (χ2v) is 10.1. The van der Waals surface area contributed by atoms with Crippen LogP contribution in [0.1, 0.15) is 25.0 Å². The van der Waals surface area contributed by atoms with Crippen molar-refractivity contribution in [3.05, 3.63) is 77.9 Å². The summed E-state index contributed by atoms with van der Waals surface area (Å²) >= 11 is 3.27. The first kappa shape index (κ1) is 25.2. The Morgan fingerprint density at radius 2 is 1.24 bits per heavy atom. The van der Waals surface area contributed by atoms with Crippen LogP contribution in [0.2, 0.25) is 0 Å². The Labute approximate surface area is 208 Å². The van der Waals surface area contributed by atoms with E-state index in [2.05, 4.69) is 36.4 Å². The number of alkyl halides is 1. The molecule has 0 fully saturated rings. The Bertz CT molecular complexity index is 1170. The highest BCUT2D eigenvalue weighted by Crippen LogP contribution is 2.27. The smallest absolute Gasteiger partial charge is 0.322 e. The zero-order valence-corrected chi connectivity index (χ0v) is 21.2. The van der Waals surface area contributed by atoms with Crippen LogP contribution in [0.3, 0.4) is 0 Å². The minimum absolute atomic E-state index is 0.176. The Morgan fingerprint density at radius 1 is 0.765 bits per heavy atom. The maximum Gasteiger partial charge on any atom is 0.322 e. The van der Waals surface area contributed by atoms with Gasteiger partial charge in [0.15, 0.2) is 0 Å². The van der Waals surface area contributed by atoms with Gasteiger partial charge in [0.25, 0.3) is 0 Å². The van der Waals surface area contributed by atoms with E-state index in [0.717, 1.165) is 16.9 Å². The zero-order chi connectivity index (χ0) is 24.6. The lowest BCUT2D eigenvalue weighted by atomic mass is 10.2. The first-order valence-electron chi connectivity index (χ1n) is 10.8. The van der Waals surface area contributed by atoms with Gasteiger partial charge in [-0.2, -0.15) is 20.5 Å². The SMILES string of the molecule is Cc1ccc(N=Nc2ccc(N=Nc3ccc(OCCOC(=O)C(C)(C)Br)c(C)c3)cc2)cc1. The van der Waals surface area contributed by atoms with Gasteiger partial charge in [0.1, 0.15) is 23.3 Å². The van der Waals surface area contributed by atoms with Crippen LogP contribution >= 0.6 is 15.9 Å². The molecular weight excluding hydrogens is 496 g/mol. The Balaban J connectivity index is 1.52. The second-order valence-electron chi connectivity index (χ2n) is 8.16. The number of hydrogen-bond donors (Lipinski definition) is 0. The molecule has 0 unspecified atom stereocenters. The highest BCUT2D eigenvalue weighted by Gasteiger charge is 2.25. The third kappa shape index (κ3) is 7.88. The summed E-state index contributed by atoms with van der Waals surface area (Å²) in [5.74, 6) is 0.377. The van der Waals surface area contributed by atoms with Gasteiger partial charge >= 0.3 is 5.97 Å². The number of carbonyl (C=O) groups is 1. The molecule has 0 aliphatic heterocycles. The molecule has 0 spiro atoms. The lowest BCUT2D eigenvalue weighted by Gasteiger charge is -2.15. The molecule has 0 saturated carbocycles. The van der Waals surface area contributed by atoms with E-state index < -0.39 is 4.32 Å². The van der Waals surface area contributed by atoms with Gasteiger partial charge in [0.05, 0.1) is 22.7 Å². The average molecular weight is 523 g/mol. The molecule has 7 nitrogen and oxygen atoms in total. The van der Waals surface area contributed by atoms with Gasteiger partial charge in [-0.15, -0.1) is 0 Å². The number of carbonyl (C=O) groups excluding carboxylic acids is 1. The minimum atomic E-state index is -0.707. The molecule has 3 aromatic rings. The highest BCUT2D eigenvalue weighted by atomic mass is 79.9. The summed E-state index contributed by atoms with van der Waals surface area (Å²) in [5.41, 5.74) is 5.06. The summed E-state index contributed by atoms with van der Waals surface area (Å²) in [6, 6.07) is 20.8. The molecule has 0 radical (unpaired) electrons. The van der Waals surface area contributed by atoms with Crippen molar-refractivity contribution in [2.75, 3.05) is 13.2 Å². The molecule has 0 saturated heterocycles. The predicted octanol–water partition coefficient (Wildman–Crippen LogP) is 8.23. The topological polar surface area (TPSA) is 85.0 Å². The van der Waals surface area contributed by atoms with E-state index in [0.29, 0.717) is 17.1 Å². The lowest BCUT2D eigenvalue weighted by Crippen LogP contribution is -2.28. The predicted molar refractivity (Wildman–Crippen MR) is 137 cm³/mol. The first-order chi connectivity index (χ1) is 16.2. The summed E-state index contributed by atoms with van der Waals surface area (Å²) in [6.07, 6.45) is 0. The largest absolute Gasteiger partial charge is 0.490 e. The quantitative estimate of drug-likeness (QED) is 0.123. The van der Waals surface area contributed by atoms with Gasteiger partial charge in [0.2, 0.25) is 0 Å². The normalized spacial score (nSPS) is 11.8. The number of ether oxygens (including phenoxy) is 2. The summed E-state index contributed by atoms with van der Waals surface area (Å²) < 4.78 is 10.2. The maximum atomic E-state index is 11.7. The zero-order valence-electron chi connectivity index (χ0n) is 19.7. The van der Waals surface area contributed by atoms with E-state index in [-0.39, 0.29) is 19.2 Å². The van der Waals surface area contributed by atoms with Crippen molar-refractivity contribution in [3.8, 4) is 5.75 Å². The molecular formula is C26H27BrN4O3. The van der Waals surface area contributed by atoms with Crippen molar-refractivity contribution in [1.29, 1.82) is 0 Å². The second kappa shape index (κ2) is 11.7. The number of esters is 1. The molecule has 8 heteroatoms. The van der Waals surface area contributed by atoms with Crippen LogP contribution in [0.15, 0.2) is 87.2 Å². The summed E-state index contributed by atoms with van der Waals surface area (Å²) in [6.45, 7) is 7.88. The maximum absolute atomic E-state index is 11.7. The van der Waals surface area contributed by atoms with Crippen LogP contribution in [-0.2, 0) is 9.53 Å². The van der Waals surface area contributed by atoms with Crippen molar-refractivity contribution in [2.45, 2.75) is 32.0 Å². The summed E-state index contributed by atoms with van der Waals surface area (Å²) in [7, 11) is 0. The van der Waals surface area contributed by atoms with Crippen LogP contribution in [0, 0.1) is 13.8 Å². The van der Waals surface area contributed by atoms with Crippen LogP contribution in [0.4, 0.5) is 22.7 Å². The fraction of sp³-hybridized carbons (Fsp3) is 0.269. The van der Waals surface area contributed by atoms with Crippen molar-refractivity contribution in [2.24, 2.45) is 20.5 Å². The molecule has 0 bridgehead atoms. The van der Waals surface area contributed by atoms with E-state index in [1.807, 2.05) is 80.6 Å². The molecule has 3 rings (SSSR count). The van der Waals surface area contributed by atoms with Crippen molar-refractivity contribution >= 4 is 44.6 Å². The fourth-order valence-corrected chi connectivity index (χ4v) is 2.86. The number of azo groups is 2. The van der Waals surface area contributed by atoms with Crippen molar-refractivity contribution in [3.63, 3.8) is 0 Å². The standard InChI is InChI=1S/C26H27BrN4O3/c1-18-5-7-20(8-6-18)28-29-21-9-11-22(12-10-21)30-31-23-13-14-24(19(2)17-23)33-15-16-34-25(32)26(3,4)27/h5-14,17H,15-16H2,1-4H3.